The molecule has 0 spiro atoms. The van der Waals surface area contributed by atoms with Gasteiger partial charge in [0.1, 0.15) is 17.3 Å². The molecule has 3 heterocycles. The first kappa shape index (κ1) is 22.7. The van der Waals surface area contributed by atoms with E-state index in [1.807, 2.05) is 18.2 Å². The summed E-state index contributed by atoms with van der Waals surface area (Å²) in [6, 6.07) is 7.27. The molecule has 0 bridgehead atoms. The molecule has 2 aliphatic rings. The number of pyridine rings is 1. The van der Waals surface area contributed by atoms with Crippen LogP contribution in [0.3, 0.4) is 0 Å². The molecule has 3 amide bonds. The number of fused-ring (bicyclic) bond motifs is 2. The van der Waals surface area contributed by atoms with E-state index in [0.29, 0.717) is 24.8 Å². The summed E-state index contributed by atoms with van der Waals surface area (Å²) in [4.78, 5) is 56.5. The molecule has 0 radical (unpaired) electrons. The first-order valence-electron chi connectivity index (χ1n) is 11.2. The van der Waals surface area contributed by atoms with Gasteiger partial charge in [0, 0.05) is 24.5 Å². The Labute approximate surface area is 192 Å². The normalized spacial score (nSPS) is 21.4. The zero-order valence-electron chi connectivity index (χ0n) is 19.0. The van der Waals surface area contributed by atoms with Gasteiger partial charge in [-0.1, -0.05) is 24.3 Å². The van der Waals surface area contributed by atoms with Crippen molar-refractivity contribution in [3.8, 4) is 0 Å². The van der Waals surface area contributed by atoms with E-state index in [9.17, 15) is 19.2 Å². The standard InChI is InChI=1S/C24H28N4O5/c1-24(2,3)33-23(32)18-9-6-14-27-19(29)11-10-17(22(31)28(18)27)26-21(30)20-16-8-5-4-7-15(16)12-13-25-20/h4-5,7-8,12-13,17-18H,6,9-11,14H2,1-3H3,(H,26,30)/t17-,18-/m0/s1. The molecule has 2 fully saturated rings. The number of benzene rings is 1. The Morgan fingerprint density at radius 1 is 1.12 bits per heavy atom. The minimum absolute atomic E-state index is 0.0805. The van der Waals surface area contributed by atoms with E-state index in [2.05, 4.69) is 10.3 Å². The minimum Gasteiger partial charge on any atom is -0.458 e. The van der Waals surface area contributed by atoms with E-state index in [0.717, 1.165) is 5.39 Å². The number of esters is 1. The monoisotopic (exact) mass is 452 g/mol. The third-order valence-electron chi connectivity index (χ3n) is 5.73. The lowest BCUT2D eigenvalue weighted by atomic mass is 10.1. The number of rotatable bonds is 3. The van der Waals surface area contributed by atoms with Gasteiger partial charge in [-0.15, -0.1) is 0 Å². The van der Waals surface area contributed by atoms with Crippen molar-refractivity contribution in [2.75, 3.05) is 6.54 Å². The minimum atomic E-state index is -0.963. The Hall–Kier alpha value is -3.49. The fourth-order valence-electron chi connectivity index (χ4n) is 4.28. The summed E-state index contributed by atoms with van der Waals surface area (Å²) in [6.07, 6.45) is 2.73. The van der Waals surface area contributed by atoms with Gasteiger partial charge in [-0.05, 0) is 51.5 Å². The lowest BCUT2D eigenvalue weighted by Gasteiger charge is -2.43. The molecule has 0 aliphatic carbocycles. The Kier molecular flexibility index (Phi) is 6.05. The molecule has 9 nitrogen and oxygen atoms in total. The lowest BCUT2D eigenvalue weighted by molar-refractivity contribution is -0.187. The second-order valence-corrected chi connectivity index (χ2v) is 9.34. The number of aromatic nitrogens is 1. The Bertz CT molecular complexity index is 1100. The van der Waals surface area contributed by atoms with E-state index in [-0.39, 0.29) is 24.4 Å². The molecular formula is C24H28N4O5. The second-order valence-electron chi connectivity index (χ2n) is 9.34. The van der Waals surface area contributed by atoms with Crippen LogP contribution in [0.15, 0.2) is 36.5 Å². The highest BCUT2D eigenvalue weighted by atomic mass is 16.6. The van der Waals surface area contributed by atoms with Crippen LogP contribution in [0.1, 0.15) is 56.9 Å². The van der Waals surface area contributed by atoms with Gasteiger partial charge < -0.3 is 10.1 Å². The van der Waals surface area contributed by atoms with Gasteiger partial charge in [-0.2, -0.15) is 0 Å². The predicted octanol–water partition coefficient (Wildman–Crippen LogP) is 2.20. The van der Waals surface area contributed by atoms with Crippen LogP contribution >= 0.6 is 0 Å². The van der Waals surface area contributed by atoms with E-state index in [1.54, 1.807) is 39.1 Å². The summed E-state index contributed by atoms with van der Waals surface area (Å²) in [5, 5.41) is 6.81. The predicted molar refractivity (Wildman–Crippen MR) is 120 cm³/mol. The SMILES string of the molecule is CC(C)(C)OC(=O)[C@@H]1CCCN2C(=O)CC[C@H](NC(=O)c3nccc4ccccc34)C(=O)N12. The van der Waals surface area contributed by atoms with Gasteiger partial charge in [0.15, 0.2) is 6.04 Å². The Balaban J connectivity index is 1.60. The number of nitrogens with one attached hydrogen (secondary N) is 1. The van der Waals surface area contributed by atoms with Crippen molar-refractivity contribution in [1.29, 1.82) is 0 Å². The molecule has 2 atom stereocenters. The molecule has 1 aromatic heterocycles. The fraction of sp³-hybridized carbons (Fsp3) is 0.458. The molecular weight excluding hydrogens is 424 g/mol. The third-order valence-corrected chi connectivity index (χ3v) is 5.73. The Morgan fingerprint density at radius 2 is 1.88 bits per heavy atom. The molecule has 33 heavy (non-hydrogen) atoms. The van der Waals surface area contributed by atoms with Crippen molar-refractivity contribution in [3.63, 3.8) is 0 Å². The fourth-order valence-corrected chi connectivity index (χ4v) is 4.28. The van der Waals surface area contributed by atoms with Crippen molar-refractivity contribution in [2.24, 2.45) is 0 Å². The molecule has 2 aromatic rings. The average molecular weight is 453 g/mol. The van der Waals surface area contributed by atoms with Crippen molar-refractivity contribution in [1.82, 2.24) is 20.3 Å². The van der Waals surface area contributed by atoms with E-state index in [1.165, 1.54) is 10.0 Å². The number of carbonyl (C=O) groups excluding carboxylic acids is 4. The van der Waals surface area contributed by atoms with Crippen LogP contribution in [0.4, 0.5) is 0 Å². The van der Waals surface area contributed by atoms with Crippen LogP contribution in [-0.4, -0.2) is 62.9 Å². The Morgan fingerprint density at radius 3 is 2.64 bits per heavy atom. The van der Waals surface area contributed by atoms with E-state index < -0.39 is 35.5 Å². The van der Waals surface area contributed by atoms with Gasteiger partial charge >= 0.3 is 5.97 Å². The first-order valence-corrected chi connectivity index (χ1v) is 11.2. The highest BCUT2D eigenvalue weighted by Crippen LogP contribution is 2.27. The quantitative estimate of drug-likeness (QED) is 0.715. The van der Waals surface area contributed by atoms with Gasteiger partial charge in [-0.3, -0.25) is 24.4 Å². The maximum absolute atomic E-state index is 13.5. The number of hydrazine groups is 1. The van der Waals surface area contributed by atoms with Crippen molar-refractivity contribution in [2.45, 2.75) is 64.1 Å². The summed E-state index contributed by atoms with van der Waals surface area (Å²) in [6.45, 7) is 5.60. The maximum atomic E-state index is 13.5. The molecule has 174 valence electrons. The number of carbonyl (C=O) groups is 4. The van der Waals surface area contributed by atoms with E-state index in [4.69, 9.17) is 4.74 Å². The zero-order valence-corrected chi connectivity index (χ0v) is 19.0. The van der Waals surface area contributed by atoms with Crippen molar-refractivity contribution in [3.05, 3.63) is 42.2 Å². The zero-order chi connectivity index (χ0) is 23.8. The number of hydrogen-bond acceptors (Lipinski definition) is 6. The molecule has 4 rings (SSSR count). The van der Waals surface area contributed by atoms with Gasteiger partial charge in [0.2, 0.25) is 5.91 Å². The summed E-state index contributed by atoms with van der Waals surface area (Å²) in [5.41, 5.74) is -0.526. The molecule has 9 heteroatoms. The average Bonchev–Trinajstić information content (AvgIpc) is 2.89. The summed E-state index contributed by atoms with van der Waals surface area (Å²) in [5.74, 6) is -1.81. The highest BCUT2D eigenvalue weighted by molar-refractivity contribution is 6.06. The van der Waals surface area contributed by atoms with Crippen LogP contribution in [0.2, 0.25) is 0 Å². The summed E-state index contributed by atoms with van der Waals surface area (Å²) in [7, 11) is 0. The van der Waals surface area contributed by atoms with Crippen molar-refractivity contribution < 1.29 is 23.9 Å². The lowest BCUT2D eigenvalue weighted by Crippen LogP contribution is -2.62. The number of ether oxygens (including phenoxy) is 1. The maximum Gasteiger partial charge on any atom is 0.331 e. The van der Waals surface area contributed by atoms with Crippen LogP contribution in [-0.2, 0) is 19.1 Å². The molecule has 0 saturated carbocycles. The summed E-state index contributed by atoms with van der Waals surface area (Å²) >= 11 is 0. The van der Waals surface area contributed by atoms with Gasteiger partial charge in [0.25, 0.3) is 11.8 Å². The smallest absolute Gasteiger partial charge is 0.331 e. The van der Waals surface area contributed by atoms with Crippen LogP contribution < -0.4 is 5.32 Å². The van der Waals surface area contributed by atoms with Crippen LogP contribution in [0, 0.1) is 0 Å². The second kappa shape index (κ2) is 8.80. The molecule has 1 N–H and O–H groups in total. The number of nitrogens with zero attached hydrogens (tertiary/aromatic N) is 3. The van der Waals surface area contributed by atoms with Crippen LogP contribution in [0.5, 0.6) is 0 Å². The molecule has 2 aliphatic heterocycles. The molecule has 1 aromatic carbocycles. The van der Waals surface area contributed by atoms with Crippen molar-refractivity contribution >= 4 is 34.5 Å². The first-order chi connectivity index (χ1) is 15.7. The van der Waals surface area contributed by atoms with E-state index >= 15 is 0 Å². The largest absolute Gasteiger partial charge is 0.458 e. The van der Waals surface area contributed by atoms with Crippen LogP contribution in [0.25, 0.3) is 10.8 Å². The number of hydrogen-bond donors (Lipinski definition) is 1. The topological polar surface area (TPSA) is 109 Å². The number of amides is 3. The highest BCUT2D eigenvalue weighted by Gasteiger charge is 2.45. The molecule has 2 saturated heterocycles. The van der Waals surface area contributed by atoms with Gasteiger partial charge in [-0.25, -0.2) is 9.80 Å². The van der Waals surface area contributed by atoms with Gasteiger partial charge in [0.05, 0.1) is 0 Å². The summed E-state index contributed by atoms with van der Waals surface area (Å²) < 4.78 is 5.52. The molecule has 0 unspecified atom stereocenters. The third kappa shape index (κ3) is 4.67.